The zero-order chi connectivity index (χ0) is 13.1. The Morgan fingerprint density at radius 2 is 2.00 bits per heavy atom. The molecule has 2 nitrogen and oxygen atoms in total. The van der Waals surface area contributed by atoms with Crippen molar-refractivity contribution in [1.29, 1.82) is 0 Å². The summed E-state index contributed by atoms with van der Waals surface area (Å²) >= 11 is 7.92. The smallest absolute Gasteiger partial charge is 0.0611 e. The normalized spacial score (nSPS) is 18.4. The maximum atomic E-state index is 6.16. The second-order valence-electron chi connectivity index (χ2n) is 4.80. The Labute approximate surface area is 123 Å². The fourth-order valence-electron chi connectivity index (χ4n) is 2.66. The van der Waals surface area contributed by atoms with Crippen molar-refractivity contribution in [3.8, 4) is 0 Å². The van der Waals surface area contributed by atoms with Crippen molar-refractivity contribution in [2.24, 2.45) is 0 Å². The standard InChI is InChI=1S/C15H17ClN2S/c16-14-3-1-2-12(10-14)15(13-4-9-19-11-13)18-7-5-17-6-8-18/h1-4,9-11,15,17H,5-8H2. The molecule has 2 heterocycles. The monoisotopic (exact) mass is 292 g/mol. The molecule has 1 aromatic carbocycles. The average Bonchev–Trinajstić information content (AvgIpc) is 2.94. The van der Waals surface area contributed by atoms with E-state index < -0.39 is 0 Å². The summed E-state index contributed by atoms with van der Waals surface area (Å²) in [6.07, 6.45) is 0. The highest BCUT2D eigenvalue weighted by molar-refractivity contribution is 7.08. The third-order valence-electron chi connectivity index (χ3n) is 3.54. The second kappa shape index (κ2) is 6.06. The molecule has 1 aromatic heterocycles. The van der Waals surface area contributed by atoms with Crippen LogP contribution in [0.3, 0.4) is 0 Å². The number of nitrogens with one attached hydrogen (secondary N) is 1. The van der Waals surface area contributed by atoms with Crippen molar-refractivity contribution in [2.45, 2.75) is 6.04 Å². The lowest BCUT2D eigenvalue weighted by molar-refractivity contribution is 0.199. The number of thiophene rings is 1. The van der Waals surface area contributed by atoms with Gasteiger partial charge in [-0.25, -0.2) is 0 Å². The summed E-state index contributed by atoms with van der Waals surface area (Å²) in [6.45, 7) is 4.27. The van der Waals surface area contributed by atoms with Crippen molar-refractivity contribution < 1.29 is 0 Å². The molecule has 0 saturated carbocycles. The first-order valence-electron chi connectivity index (χ1n) is 6.57. The minimum Gasteiger partial charge on any atom is -0.314 e. The van der Waals surface area contributed by atoms with Gasteiger partial charge in [-0.3, -0.25) is 4.90 Å². The maximum Gasteiger partial charge on any atom is 0.0611 e. The molecule has 3 rings (SSSR count). The van der Waals surface area contributed by atoms with Crippen LogP contribution in [0.1, 0.15) is 17.2 Å². The van der Waals surface area contributed by atoms with Crippen LogP contribution < -0.4 is 5.32 Å². The Morgan fingerprint density at radius 3 is 2.68 bits per heavy atom. The summed E-state index contributed by atoms with van der Waals surface area (Å²) < 4.78 is 0. The molecule has 0 aliphatic carbocycles. The van der Waals surface area contributed by atoms with E-state index in [2.05, 4.69) is 39.2 Å². The second-order valence-corrected chi connectivity index (χ2v) is 6.02. The van der Waals surface area contributed by atoms with Gasteiger partial charge in [0.2, 0.25) is 0 Å². The van der Waals surface area contributed by atoms with Crippen molar-refractivity contribution in [3.63, 3.8) is 0 Å². The number of piperazine rings is 1. The third-order valence-corrected chi connectivity index (χ3v) is 4.48. The lowest BCUT2D eigenvalue weighted by Gasteiger charge is -2.35. The van der Waals surface area contributed by atoms with Gasteiger partial charge in [-0.1, -0.05) is 23.7 Å². The van der Waals surface area contributed by atoms with Gasteiger partial charge >= 0.3 is 0 Å². The Balaban J connectivity index is 1.96. The van der Waals surface area contributed by atoms with E-state index in [1.165, 1.54) is 11.1 Å². The van der Waals surface area contributed by atoms with Crippen molar-refractivity contribution >= 4 is 22.9 Å². The van der Waals surface area contributed by atoms with Crippen molar-refractivity contribution in [1.82, 2.24) is 10.2 Å². The molecule has 1 fully saturated rings. The predicted octanol–water partition coefficient (Wildman–Crippen LogP) is 3.40. The highest BCUT2D eigenvalue weighted by atomic mass is 35.5. The molecule has 19 heavy (non-hydrogen) atoms. The molecule has 2 aromatic rings. The summed E-state index contributed by atoms with van der Waals surface area (Å²) in [4.78, 5) is 2.53. The van der Waals surface area contributed by atoms with E-state index in [0.29, 0.717) is 6.04 Å². The van der Waals surface area contributed by atoms with Crippen LogP contribution in [-0.4, -0.2) is 31.1 Å². The Kier molecular flexibility index (Phi) is 4.18. The molecule has 0 bridgehead atoms. The van der Waals surface area contributed by atoms with E-state index in [9.17, 15) is 0 Å². The summed E-state index contributed by atoms with van der Waals surface area (Å²) in [6, 6.07) is 10.8. The van der Waals surface area contributed by atoms with Crippen LogP contribution in [0.5, 0.6) is 0 Å². The van der Waals surface area contributed by atoms with Gasteiger partial charge in [-0.05, 0) is 40.1 Å². The minimum atomic E-state index is 0.326. The molecular formula is C15H17ClN2S. The van der Waals surface area contributed by atoms with Gasteiger partial charge in [0.15, 0.2) is 0 Å². The number of hydrogen-bond donors (Lipinski definition) is 1. The zero-order valence-corrected chi connectivity index (χ0v) is 12.3. The van der Waals surface area contributed by atoms with Crippen LogP contribution in [0, 0.1) is 0 Å². The largest absolute Gasteiger partial charge is 0.314 e. The Bertz CT molecular complexity index is 521. The Hall–Kier alpha value is -0.870. The number of nitrogens with zero attached hydrogens (tertiary/aromatic N) is 1. The van der Waals surface area contributed by atoms with Gasteiger partial charge in [0.05, 0.1) is 6.04 Å². The van der Waals surface area contributed by atoms with E-state index in [1.54, 1.807) is 11.3 Å². The maximum absolute atomic E-state index is 6.16. The lowest BCUT2D eigenvalue weighted by Crippen LogP contribution is -2.45. The fraction of sp³-hybridized carbons (Fsp3) is 0.333. The zero-order valence-electron chi connectivity index (χ0n) is 10.7. The van der Waals surface area contributed by atoms with E-state index >= 15 is 0 Å². The van der Waals surface area contributed by atoms with Gasteiger partial charge in [-0.2, -0.15) is 11.3 Å². The molecule has 1 aliphatic rings. The topological polar surface area (TPSA) is 15.3 Å². The highest BCUT2D eigenvalue weighted by Crippen LogP contribution is 2.31. The predicted molar refractivity (Wildman–Crippen MR) is 82.1 cm³/mol. The number of benzene rings is 1. The van der Waals surface area contributed by atoms with Crippen molar-refractivity contribution in [3.05, 3.63) is 57.2 Å². The van der Waals surface area contributed by atoms with E-state index in [0.717, 1.165) is 31.2 Å². The van der Waals surface area contributed by atoms with Crippen LogP contribution in [0.15, 0.2) is 41.1 Å². The Morgan fingerprint density at radius 1 is 1.16 bits per heavy atom. The quantitative estimate of drug-likeness (QED) is 0.933. The molecule has 4 heteroatoms. The van der Waals surface area contributed by atoms with Crippen LogP contribution in [0.2, 0.25) is 5.02 Å². The van der Waals surface area contributed by atoms with Crippen LogP contribution >= 0.6 is 22.9 Å². The molecule has 1 atom stereocenters. The molecule has 0 amide bonds. The SMILES string of the molecule is Clc1cccc(C(c2ccsc2)N2CCNCC2)c1. The number of rotatable bonds is 3. The summed E-state index contributed by atoms with van der Waals surface area (Å²) in [7, 11) is 0. The summed E-state index contributed by atoms with van der Waals surface area (Å²) in [5.41, 5.74) is 2.65. The molecular weight excluding hydrogens is 276 g/mol. The first-order chi connectivity index (χ1) is 9.34. The molecule has 100 valence electrons. The molecule has 1 unspecified atom stereocenters. The molecule has 0 radical (unpaired) electrons. The summed E-state index contributed by atoms with van der Waals surface area (Å²) in [5.74, 6) is 0. The minimum absolute atomic E-state index is 0.326. The summed E-state index contributed by atoms with van der Waals surface area (Å²) in [5, 5.41) is 8.62. The number of halogens is 1. The van der Waals surface area contributed by atoms with E-state index in [1.807, 2.05) is 12.1 Å². The highest BCUT2D eigenvalue weighted by Gasteiger charge is 2.24. The van der Waals surface area contributed by atoms with Gasteiger partial charge in [0, 0.05) is 31.2 Å². The molecule has 1 saturated heterocycles. The average molecular weight is 293 g/mol. The van der Waals surface area contributed by atoms with Crippen molar-refractivity contribution in [2.75, 3.05) is 26.2 Å². The van der Waals surface area contributed by atoms with Gasteiger partial charge in [0.25, 0.3) is 0 Å². The van der Waals surface area contributed by atoms with Crippen LogP contribution in [-0.2, 0) is 0 Å². The molecule has 0 spiro atoms. The van der Waals surface area contributed by atoms with Gasteiger partial charge in [0.1, 0.15) is 0 Å². The third kappa shape index (κ3) is 3.00. The van der Waals surface area contributed by atoms with Crippen LogP contribution in [0.4, 0.5) is 0 Å². The first kappa shape index (κ1) is 13.1. The lowest BCUT2D eigenvalue weighted by atomic mass is 9.99. The fourth-order valence-corrected chi connectivity index (χ4v) is 3.54. The first-order valence-corrected chi connectivity index (χ1v) is 7.89. The van der Waals surface area contributed by atoms with Crippen LogP contribution in [0.25, 0.3) is 0 Å². The van der Waals surface area contributed by atoms with E-state index in [-0.39, 0.29) is 0 Å². The van der Waals surface area contributed by atoms with Gasteiger partial charge in [-0.15, -0.1) is 0 Å². The molecule has 1 aliphatic heterocycles. The number of hydrogen-bond acceptors (Lipinski definition) is 3. The van der Waals surface area contributed by atoms with E-state index in [4.69, 9.17) is 11.6 Å². The van der Waals surface area contributed by atoms with Gasteiger partial charge < -0.3 is 5.32 Å². The molecule has 1 N–H and O–H groups in total.